The van der Waals surface area contributed by atoms with Gasteiger partial charge in [0, 0.05) is 36.3 Å². The van der Waals surface area contributed by atoms with E-state index in [0.717, 1.165) is 25.7 Å². The van der Waals surface area contributed by atoms with Crippen LogP contribution in [0.1, 0.15) is 43.2 Å². The Kier molecular flexibility index (Phi) is 9.65. The normalized spacial score (nSPS) is 15.3. The molecule has 0 bridgehead atoms. The molecule has 0 unspecified atom stereocenters. The lowest BCUT2D eigenvalue weighted by atomic mass is 9.99. The van der Waals surface area contributed by atoms with Gasteiger partial charge in [0.05, 0.1) is 40.3 Å². The molecule has 2 aromatic rings. The Morgan fingerprint density at radius 1 is 0.857 bits per heavy atom. The minimum absolute atomic E-state index is 0.101. The molecule has 0 heterocycles. The van der Waals surface area contributed by atoms with E-state index in [1.165, 1.54) is 4.31 Å². The molecule has 0 aromatic heterocycles. The first kappa shape index (κ1) is 27.1. The molecule has 1 aliphatic carbocycles. The van der Waals surface area contributed by atoms with Gasteiger partial charge in [-0.05, 0) is 37.3 Å². The van der Waals surface area contributed by atoms with Crippen molar-refractivity contribution in [2.45, 2.75) is 51.3 Å². The summed E-state index contributed by atoms with van der Waals surface area (Å²) in [5.41, 5.74) is 1.42. The van der Waals surface area contributed by atoms with E-state index >= 15 is 0 Å². The molecule has 0 spiro atoms. The quantitative estimate of drug-likeness (QED) is 0.438. The third-order valence-electron chi connectivity index (χ3n) is 6.69. The van der Waals surface area contributed by atoms with Crippen LogP contribution in [-0.2, 0) is 23.1 Å². The van der Waals surface area contributed by atoms with E-state index in [0.29, 0.717) is 34.1 Å². The van der Waals surface area contributed by atoms with E-state index in [4.69, 9.17) is 18.9 Å². The van der Waals surface area contributed by atoms with Crippen molar-refractivity contribution in [1.29, 1.82) is 0 Å². The van der Waals surface area contributed by atoms with E-state index < -0.39 is 16.1 Å². The zero-order chi connectivity index (χ0) is 25.4. The molecule has 0 saturated heterocycles. The van der Waals surface area contributed by atoms with Crippen molar-refractivity contribution >= 4 is 10.0 Å². The third kappa shape index (κ3) is 7.02. The van der Waals surface area contributed by atoms with Gasteiger partial charge in [0.1, 0.15) is 23.0 Å². The molecule has 194 valence electrons. The molecule has 1 atom stereocenters. The molecule has 8 nitrogen and oxygen atoms in total. The predicted octanol–water partition coefficient (Wildman–Crippen LogP) is 3.99. The Morgan fingerprint density at radius 3 is 1.77 bits per heavy atom. The Hall–Kier alpha value is -2.49. The monoisotopic (exact) mass is 507 g/mol. The average Bonchev–Trinajstić information content (AvgIpc) is 3.42. The highest BCUT2D eigenvalue weighted by Gasteiger charge is 2.29. The molecule has 2 aromatic carbocycles. The lowest BCUT2D eigenvalue weighted by molar-refractivity contribution is 0.107. The van der Waals surface area contributed by atoms with Gasteiger partial charge in [0.2, 0.25) is 10.0 Å². The Balaban J connectivity index is 1.89. The molecule has 1 aliphatic rings. The third-order valence-corrected chi connectivity index (χ3v) is 8.49. The summed E-state index contributed by atoms with van der Waals surface area (Å²) >= 11 is 0. The van der Waals surface area contributed by atoms with Crippen molar-refractivity contribution < 1.29 is 32.5 Å². The Labute approximate surface area is 208 Å². The summed E-state index contributed by atoms with van der Waals surface area (Å²) in [6, 6.07) is 10.6. The number of benzene rings is 2. The predicted molar refractivity (Wildman–Crippen MR) is 135 cm³/mol. The second-order valence-electron chi connectivity index (χ2n) is 8.84. The minimum Gasteiger partial charge on any atom is -0.497 e. The number of methoxy groups -OCH3 is 4. The number of aliphatic hydroxyl groups excluding tert-OH is 1. The van der Waals surface area contributed by atoms with Gasteiger partial charge in [-0.2, -0.15) is 4.31 Å². The molecule has 0 aliphatic heterocycles. The minimum atomic E-state index is -3.72. The van der Waals surface area contributed by atoms with Crippen LogP contribution in [0.3, 0.4) is 0 Å². The smallest absolute Gasteiger partial charge is 0.214 e. The van der Waals surface area contributed by atoms with E-state index in [-0.39, 0.29) is 31.2 Å². The first-order valence-electron chi connectivity index (χ1n) is 11.9. The molecule has 35 heavy (non-hydrogen) atoms. The summed E-state index contributed by atoms with van der Waals surface area (Å²) < 4.78 is 50.2. The highest BCUT2D eigenvalue weighted by molar-refractivity contribution is 7.89. The molecule has 1 fully saturated rings. The van der Waals surface area contributed by atoms with Crippen LogP contribution < -0.4 is 18.9 Å². The van der Waals surface area contributed by atoms with Gasteiger partial charge in [0.15, 0.2) is 0 Å². The van der Waals surface area contributed by atoms with Gasteiger partial charge in [-0.1, -0.05) is 25.0 Å². The number of nitrogens with zero attached hydrogens (tertiary/aromatic N) is 1. The van der Waals surface area contributed by atoms with Gasteiger partial charge in [-0.15, -0.1) is 0 Å². The van der Waals surface area contributed by atoms with E-state index in [1.807, 2.05) is 0 Å². The lowest BCUT2D eigenvalue weighted by Crippen LogP contribution is -2.34. The van der Waals surface area contributed by atoms with E-state index in [9.17, 15) is 13.5 Å². The second kappa shape index (κ2) is 12.5. The van der Waals surface area contributed by atoms with Gasteiger partial charge in [-0.25, -0.2) is 8.42 Å². The van der Waals surface area contributed by atoms with Gasteiger partial charge >= 0.3 is 0 Å². The second-order valence-corrected chi connectivity index (χ2v) is 10.9. The van der Waals surface area contributed by atoms with Crippen molar-refractivity contribution in [3.8, 4) is 23.0 Å². The highest BCUT2D eigenvalue weighted by atomic mass is 32.2. The Morgan fingerprint density at radius 2 is 1.34 bits per heavy atom. The number of aliphatic hydroxyl groups is 1. The zero-order valence-electron chi connectivity index (χ0n) is 21.0. The molecule has 9 heteroatoms. The fourth-order valence-electron chi connectivity index (χ4n) is 4.57. The van der Waals surface area contributed by atoms with Crippen molar-refractivity contribution in [3.05, 3.63) is 47.5 Å². The van der Waals surface area contributed by atoms with Crippen molar-refractivity contribution in [1.82, 2.24) is 4.31 Å². The van der Waals surface area contributed by atoms with Gasteiger partial charge < -0.3 is 24.1 Å². The molecular formula is C26H37NO7S. The molecule has 3 rings (SSSR count). The summed E-state index contributed by atoms with van der Waals surface area (Å²) in [4.78, 5) is 0. The fourth-order valence-corrected chi connectivity index (χ4v) is 6.04. The highest BCUT2D eigenvalue weighted by Crippen LogP contribution is 2.32. The van der Waals surface area contributed by atoms with Crippen LogP contribution in [0.5, 0.6) is 23.0 Å². The van der Waals surface area contributed by atoms with E-state index in [1.54, 1.807) is 64.8 Å². The summed E-state index contributed by atoms with van der Waals surface area (Å²) in [5, 5.41) is 10.6. The number of rotatable bonds is 13. The first-order chi connectivity index (χ1) is 16.8. The molecule has 0 radical (unpaired) electrons. The van der Waals surface area contributed by atoms with Crippen LogP contribution >= 0.6 is 0 Å². The molecule has 0 amide bonds. The van der Waals surface area contributed by atoms with Crippen LogP contribution in [0, 0.1) is 5.92 Å². The lowest BCUT2D eigenvalue weighted by Gasteiger charge is -2.26. The number of hydrogen-bond donors (Lipinski definition) is 1. The van der Waals surface area contributed by atoms with Crippen LogP contribution in [0.4, 0.5) is 0 Å². The summed E-state index contributed by atoms with van der Waals surface area (Å²) in [7, 11) is 2.49. The maximum absolute atomic E-state index is 13.6. The zero-order valence-corrected chi connectivity index (χ0v) is 21.8. The topological polar surface area (TPSA) is 94.5 Å². The van der Waals surface area contributed by atoms with Crippen LogP contribution in [0.2, 0.25) is 0 Å². The standard InChI is InChI=1S/C26H37NO7S/c1-31-22-11-9-20(25(15-22)33-3)17-27(18-21-10-12-23(32-2)16-26(21)34-4)35(29,30)14-13-24(28)19-7-5-6-8-19/h9-12,15-16,19,24,28H,5-8,13-14,17-18H2,1-4H3/t24-/m1/s1. The molecular weight excluding hydrogens is 470 g/mol. The van der Waals surface area contributed by atoms with E-state index in [2.05, 4.69) is 0 Å². The Bertz CT molecular complexity index is 1010. The average molecular weight is 508 g/mol. The number of sulfonamides is 1. The number of hydrogen-bond acceptors (Lipinski definition) is 7. The van der Waals surface area contributed by atoms with Crippen molar-refractivity contribution in [2.24, 2.45) is 5.92 Å². The largest absolute Gasteiger partial charge is 0.497 e. The maximum Gasteiger partial charge on any atom is 0.214 e. The molecule has 1 N–H and O–H groups in total. The van der Waals surface area contributed by atoms with Crippen LogP contribution in [-0.4, -0.2) is 58.1 Å². The first-order valence-corrected chi connectivity index (χ1v) is 13.5. The summed E-state index contributed by atoms with van der Waals surface area (Å²) in [6.45, 7) is 0.203. The summed E-state index contributed by atoms with van der Waals surface area (Å²) in [5.74, 6) is 2.37. The fraction of sp³-hybridized carbons (Fsp3) is 0.538. The van der Waals surface area contributed by atoms with Gasteiger partial charge in [0.25, 0.3) is 0 Å². The van der Waals surface area contributed by atoms with Crippen molar-refractivity contribution in [2.75, 3.05) is 34.2 Å². The number of ether oxygens (including phenoxy) is 4. The maximum atomic E-state index is 13.6. The summed E-state index contributed by atoms with van der Waals surface area (Å²) in [6.07, 6.45) is 3.70. The van der Waals surface area contributed by atoms with Crippen LogP contribution in [0.15, 0.2) is 36.4 Å². The van der Waals surface area contributed by atoms with Crippen molar-refractivity contribution in [3.63, 3.8) is 0 Å². The van der Waals surface area contributed by atoms with Crippen LogP contribution in [0.25, 0.3) is 0 Å². The van der Waals surface area contributed by atoms with Gasteiger partial charge in [-0.3, -0.25) is 0 Å². The SMILES string of the molecule is COc1ccc(CN(Cc2ccc(OC)cc2OC)S(=O)(=O)CC[C@@H](O)C2CCCC2)c(OC)c1. The molecule has 1 saturated carbocycles.